The highest BCUT2D eigenvalue weighted by molar-refractivity contribution is 6.31. The van der Waals surface area contributed by atoms with Gasteiger partial charge in [0.05, 0.1) is 5.92 Å². The lowest BCUT2D eigenvalue weighted by molar-refractivity contribution is -0.122. The topological polar surface area (TPSA) is 49.4 Å². The molecule has 0 bridgehead atoms. The second-order valence-corrected chi connectivity index (χ2v) is 7.88. The van der Waals surface area contributed by atoms with Crippen molar-refractivity contribution in [2.75, 3.05) is 16.8 Å². The number of halogens is 1. The van der Waals surface area contributed by atoms with Gasteiger partial charge in [-0.2, -0.15) is 0 Å². The highest BCUT2D eigenvalue weighted by Crippen LogP contribution is 2.33. The Balaban J connectivity index is 1.80. The van der Waals surface area contributed by atoms with Crippen LogP contribution in [-0.2, 0) is 9.59 Å². The maximum atomic E-state index is 12.9. The molecular weight excluding hydrogens is 360 g/mol. The molecule has 2 amide bonds. The number of rotatable bonds is 4. The zero-order valence-electron chi connectivity index (χ0n) is 16.2. The fraction of sp³-hybridized carbons (Fsp3) is 0.364. The van der Waals surface area contributed by atoms with Crippen LogP contribution in [-0.4, -0.2) is 18.4 Å². The smallest absolute Gasteiger partial charge is 0.229 e. The molecule has 1 atom stereocenters. The van der Waals surface area contributed by atoms with Crippen molar-refractivity contribution >= 4 is 34.8 Å². The molecule has 5 heteroatoms. The van der Waals surface area contributed by atoms with Crippen LogP contribution in [0.15, 0.2) is 36.4 Å². The summed E-state index contributed by atoms with van der Waals surface area (Å²) in [5, 5.41) is 3.70. The van der Waals surface area contributed by atoms with Gasteiger partial charge in [-0.3, -0.25) is 9.59 Å². The molecule has 1 fully saturated rings. The number of benzene rings is 2. The first kappa shape index (κ1) is 19.4. The Bertz CT molecular complexity index is 892. The normalized spacial score (nSPS) is 16.9. The summed E-state index contributed by atoms with van der Waals surface area (Å²) in [5.74, 6) is -0.234. The lowest BCUT2D eigenvalue weighted by Crippen LogP contribution is -2.29. The van der Waals surface area contributed by atoms with Crippen molar-refractivity contribution in [3.8, 4) is 0 Å². The summed E-state index contributed by atoms with van der Waals surface area (Å²) in [4.78, 5) is 27.1. The maximum Gasteiger partial charge on any atom is 0.229 e. The van der Waals surface area contributed by atoms with Crippen LogP contribution in [0.4, 0.5) is 11.4 Å². The lowest BCUT2D eigenvalue weighted by atomic mass is 9.97. The molecule has 0 saturated carbocycles. The van der Waals surface area contributed by atoms with Crippen LogP contribution in [0.5, 0.6) is 0 Å². The van der Waals surface area contributed by atoms with Gasteiger partial charge < -0.3 is 10.2 Å². The first-order chi connectivity index (χ1) is 12.8. The Morgan fingerprint density at radius 2 is 1.89 bits per heavy atom. The van der Waals surface area contributed by atoms with Crippen molar-refractivity contribution in [2.24, 2.45) is 5.92 Å². The van der Waals surface area contributed by atoms with E-state index in [1.54, 1.807) is 11.0 Å². The fourth-order valence-electron chi connectivity index (χ4n) is 3.57. The predicted octanol–water partition coefficient (Wildman–Crippen LogP) is 5.07. The van der Waals surface area contributed by atoms with Crippen molar-refractivity contribution in [1.82, 2.24) is 0 Å². The van der Waals surface area contributed by atoms with E-state index in [1.807, 2.05) is 44.2 Å². The van der Waals surface area contributed by atoms with Crippen LogP contribution < -0.4 is 10.2 Å². The second kappa shape index (κ2) is 7.73. The molecule has 1 N–H and O–H groups in total. The number of amides is 2. The van der Waals surface area contributed by atoms with Crippen LogP contribution in [0.25, 0.3) is 0 Å². The second-order valence-electron chi connectivity index (χ2n) is 7.47. The molecule has 27 heavy (non-hydrogen) atoms. The van der Waals surface area contributed by atoms with E-state index in [-0.39, 0.29) is 24.2 Å². The van der Waals surface area contributed by atoms with Gasteiger partial charge in [-0.15, -0.1) is 0 Å². The van der Waals surface area contributed by atoms with Crippen LogP contribution in [0.3, 0.4) is 0 Å². The number of nitrogens with one attached hydrogen (secondary N) is 1. The average Bonchev–Trinajstić information content (AvgIpc) is 3.00. The molecule has 3 rings (SSSR count). The Morgan fingerprint density at radius 3 is 2.59 bits per heavy atom. The van der Waals surface area contributed by atoms with Crippen LogP contribution in [0, 0.1) is 19.8 Å². The van der Waals surface area contributed by atoms with Crippen molar-refractivity contribution in [1.29, 1.82) is 0 Å². The largest absolute Gasteiger partial charge is 0.325 e. The third-order valence-corrected chi connectivity index (χ3v) is 5.61. The Morgan fingerprint density at radius 1 is 1.19 bits per heavy atom. The van der Waals surface area contributed by atoms with Gasteiger partial charge in [0.25, 0.3) is 0 Å². The first-order valence-corrected chi connectivity index (χ1v) is 9.63. The summed E-state index contributed by atoms with van der Waals surface area (Å²) in [5.41, 5.74) is 4.63. The van der Waals surface area contributed by atoms with Crippen molar-refractivity contribution < 1.29 is 9.59 Å². The molecule has 0 spiro atoms. The van der Waals surface area contributed by atoms with Gasteiger partial charge in [-0.25, -0.2) is 0 Å². The Labute approximate surface area is 165 Å². The number of para-hydroxylation sites is 1. The van der Waals surface area contributed by atoms with Gasteiger partial charge in [-0.05, 0) is 48.6 Å². The Kier molecular flexibility index (Phi) is 5.56. The highest BCUT2D eigenvalue weighted by atomic mass is 35.5. The van der Waals surface area contributed by atoms with Gasteiger partial charge in [0.15, 0.2) is 0 Å². The molecule has 0 aromatic heterocycles. The molecule has 1 saturated heterocycles. The summed E-state index contributed by atoms with van der Waals surface area (Å²) in [6, 6.07) is 11.5. The summed E-state index contributed by atoms with van der Waals surface area (Å²) in [7, 11) is 0. The van der Waals surface area contributed by atoms with Gasteiger partial charge in [0.2, 0.25) is 11.8 Å². The van der Waals surface area contributed by atoms with Crippen LogP contribution >= 0.6 is 11.6 Å². The zero-order valence-corrected chi connectivity index (χ0v) is 16.9. The van der Waals surface area contributed by atoms with Gasteiger partial charge in [0.1, 0.15) is 0 Å². The van der Waals surface area contributed by atoms with Crippen molar-refractivity contribution in [2.45, 2.75) is 40.0 Å². The van der Waals surface area contributed by atoms with Crippen molar-refractivity contribution in [3.63, 3.8) is 0 Å². The molecule has 1 aliphatic rings. The van der Waals surface area contributed by atoms with E-state index in [4.69, 9.17) is 11.6 Å². The number of aryl methyl sites for hydroxylation is 1. The highest BCUT2D eigenvalue weighted by Gasteiger charge is 2.36. The standard InChI is InChI=1S/C22H25ClN2O2/c1-13(2)17-8-5-7-14(3)21(17)24-22(27)16-11-20(26)25(12-16)19-10-6-9-18(23)15(19)4/h5-10,13,16H,11-12H2,1-4H3,(H,24,27). The SMILES string of the molecule is Cc1cccc(C(C)C)c1NC(=O)C1CC(=O)N(c2cccc(Cl)c2C)C1. The summed E-state index contributed by atoms with van der Waals surface area (Å²) < 4.78 is 0. The zero-order chi connectivity index (χ0) is 19.7. The molecule has 1 aliphatic heterocycles. The minimum absolute atomic E-state index is 0.0469. The van der Waals surface area contributed by atoms with Crippen LogP contribution in [0.1, 0.15) is 42.9 Å². The lowest BCUT2D eigenvalue weighted by Gasteiger charge is -2.20. The quantitative estimate of drug-likeness (QED) is 0.799. The number of hydrogen-bond acceptors (Lipinski definition) is 2. The number of anilines is 2. The summed E-state index contributed by atoms with van der Waals surface area (Å²) in [6.07, 6.45) is 0.209. The fourth-order valence-corrected chi connectivity index (χ4v) is 3.74. The van der Waals surface area contributed by atoms with E-state index in [0.717, 1.165) is 28.1 Å². The number of carbonyl (C=O) groups excluding carboxylic acids is 2. The van der Waals surface area contributed by atoms with Gasteiger partial charge in [0, 0.05) is 29.4 Å². The predicted molar refractivity (Wildman–Crippen MR) is 111 cm³/mol. The number of carbonyl (C=O) groups is 2. The monoisotopic (exact) mass is 384 g/mol. The van der Waals surface area contributed by atoms with Crippen LogP contribution in [0.2, 0.25) is 5.02 Å². The molecule has 2 aromatic carbocycles. The minimum atomic E-state index is -0.379. The Hall–Kier alpha value is -2.33. The third kappa shape index (κ3) is 3.86. The van der Waals surface area contributed by atoms with Crippen molar-refractivity contribution in [3.05, 3.63) is 58.1 Å². The van der Waals surface area contributed by atoms with E-state index >= 15 is 0 Å². The average molecular weight is 385 g/mol. The number of hydrogen-bond donors (Lipinski definition) is 1. The molecule has 4 nitrogen and oxygen atoms in total. The van der Waals surface area contributed by atoms with E-state index in [9.17, 15) is 9.59 Å². The molecular formula is C22H25ClN2O2. The van der Waals surface area contributed by atoms with Gasteiger partial charge in [-0.1, -0.05) is 49.7 Å². The van der Waals surface area contributed by atoms with Gasteiger partial charge >= 0.3 is 0 Å². The van der Waals surface area contributed by atoms with E-state index in [0.29, 0.717) is 17.5 Å². The third-order valence-electron chi connectivity index (χ3n) is 5.20. The number of nitrogens with zero attached hydrogens (tertiary/aromatic N) is 1. The molecule has 142 valence electrons. The molecule has 0 aliphatic carbocycles. The van der Waals surface area contributed by atoms with E-state index < -0.39 is 0 Å². The first-order valence-electron chi connectivity index (χ1n) is 9.25. The summed E-state index contributed by atoms with van der Waals surface area (Å²) in [6.45, 7) is 8.46. The molecule has 1 unspecified atom stereocenters. The molecule has 1 heterocycles. The summed E-state index contributed by atoms with van der Waals surface area (Å²) >= 11 is 6.19. The molecule has 0 radical (unpaired) electrons. The van der Waals surface area contributed by atoms with E-state index in [1.165, 1.54) is 0 Å². The maximum absolute atomic E-state index is 12.9. The van der Waals surface area contributed by atoms with E-state index in [2.05, 4.69) is 19.2 Å². The molecule has 2 aromatic rings. The minimum Gasteiger partial charge on any atom is -0.325 e.